The molecule has 1 fully saturated rings. The third kappa shape index (κ3) is 4.61. The van der Waals surface area contributed by atoms with E-state index in [0.717, 1.165) is 44.2 Å². The predicted octanol–water partition coefficient (Wildman–Crippen LogP) is 3.35. The van der Waals surface area contributed by atoms with Gasteiger partial charge < -0.3 is 19.5 Å². The van der Waals surface area contributed by atoms with Crippen LogP contribution in [-0.4, -0.2) is 52.7 Å². The van der Waals surface area contributed by atoms with E-state index in [0.29, 0.717) is 18.5 Å². The van der Waals surface area contributed by atoms with Gasteiger partial charge in [0.05, 0.1) is 18.9 Å². The van der Waals surface area contributed by atoms with Crippen molar-refractivity contribution >= 4 is 29.9 Å². The molecule has 3 heterocycles. The number of para-hydroxylation sites is 1. The highest BCUT2D eigenvalue weighted by molar-refractivity contribution is 14.0. The molecule has 1 aromatic carbocycles. The summed E-state index contributed by atoms with van der Waals surface area (Å²) in [5.41, 5.74) is 1.29. The molecule has 7 heteroatoms. The molecule has 2 aromatic rings. The molecule has 0 radical (unpaired) electrons. The van der Waals surface area contributed by atoms with Crippen molar-refractivity contribution < 1.29 is 4.74 Å². The molecule has 0 saturated carbocycles. The zero-order valence-corrected chi connectivity index (χ0v) is 19.0. The highest BCUT2D eigenvalue weighted by Crippen LogP contribution is 2.29. The van der Waals surface area contributed by atoms with Gasteiger partial charge in [-0.15, -0.1) is 24.0 Å². The highest BCUT2D eigenvalue weighted by Gasteiger charge is 2.29. The predicted molar refractivity (Wildman–Crippen MR) is 123 cm³/mol. The maximum Gasteiger partial charge on any atom is 0.194 e. The van der Waals surface area contributed by atoms with E-state index in [1.54, 1.807) is 0 Å². The number of guanidine groups is 1. The van der Waals surface area contributed by atoms with E-state index < -0.39 is 0 Å². The number of hydrogen-bond acceptors (Lipinski definition) is 3. The van der Waals surface area contributed by atoms with Crippen LogP contribution in [0.2, 0.25) is 0 Å². The second-order valence-corrected chi connectivity index (χ2v) is 7.54. The Morgan fingerprint density at radius 1 is 1.36 bits per heavy atom. The third-order valence-corrected chi connectivity index (χ3v) is 5.62. The lowest BCUT2D eigenvalue weighted by molar-refractivity contribution is 0.187. The number of likely N-dealkylation sites (tertiary alicyclic amines) is 1. The molecular weight excluding hydrogens is 465 g/mol. The zero-order chi connectivity index (χ0) is 18.6. The molecule has 0 amide bonds. The Kier molecular flexibility index (Phi) is 7.20. The van der Waals surface area contributed by atoms with Crippen LogP contribution < -0.4 is 10.1 Å². The lowest BCUT2D eigenvalue weighted by atomic mass is 9.93. The van der Waals surface area contributed by atoms with Crippen molar-refractivity contribution in [3.63, 3.8) is 0 Å². The van der Waals surface area contributed by atoms with Gasteiger partial charge in [-0.2, -0.15) is 0 Å². The minimum Gasteiger partial charge on any atom is -0.488 e. The van der Waals surface area contributed by atoms with Gasteiger partial charge in [-0.3, -0.25) is 0 Å². The molecule has 28 heavy (non-hydrogen) atoms. The zero-order valence-electron chi connectivity index (χ0n) is 16.6. The van der Waals surface area contributed by atoms with Gasteiger partial charge in [-0.25, -0.2) is 9.98 Å². The van der Waals surface area contributed by atoms with E-state index in [1.807, 2.05) is 24.7 Å². The average molecular weight is 495 g/mol. The number of hydrogen-bond donors (Lipinski definition) is 1. The molecule has 4 rings (SSSR count). The number of aromatic nitrogens is 2. The first-order valence-electron chi connectivity index (χ1n) is 10.00. The van der Waals surface area contributed by atoms with Crippen LogP contribution >= 0.6 is 24.0 Å². The molecule has 3 atom stereocenters. The summed E-state index contributed by atoms with van der Waals surface area (Å²) in [6, 6.07) is 8.72. The Hall–Kier alpha value is -1.77. The van der Waals surface area contributed by atoms with E-state index in [1.165, 1.54) is 5.56 Å². The maximum absolute atomic E-state index is 6.05. The van der Waals surface area contributed by atoms with Crippen molar-refractivity contribution in [1.29, 1.82) is 0 Å². The number of imidazole rings is 1. The maximum atomic E-state index is 6.05. The number of ether oxygens (including phenoxy) is 1. The van der Waals surface area contributed by atoms with E-state index >= 15 is 0 Å². The molecule has 1 N–H and O–H groups in total. The van der Waals surface area contributed by atoms with Gasteiger partial charge in [0.2, 0.25) is 0 Å². The lowest BCUT2D eigenvalue weighted by Gasteiger charge is -2.39. The number of benzene rings is 1. The topological polar surface area (TPSA) is 54.7 Å². The summed E-state index contributed by atoms with van der Waals surface area (Å²) in [6.07, 6.45) is 8.08. The molecule has 0 spiro atoms. The fourth-order valence-corrected chi connectivity index (χ4v) is 4.06. The van der Waals surface area contributed by atoms with Gasteiger partial charge in [-0.1, -0.05) is 25.1 Å². The summed E-state index contributed by atoms with van der Waals surface area (Å²) in [5, 5.41) is 3.47. The molecule has 6 nitrogen and oxygen atoms in total. The minimum absolute atomic E-state index is 0. The summed E-state index contributed by atoms with van der Waals surface area (Å²) in [6.45, 7) is 7.98. The Labute approximate surface area is 184 Å². The van der Waals surface area contributed by atoms with Crippen molar-refractivity contribution in [3.05, 3.63) is 48.5 Å². The van der Waals surface area contributed by atoms with Crippen LogP contribution in [0.5, 0.6) is 5.75 Å². The van der Waals surface area contributed by atoms with Gasteiger partial charge in [0.1, 0.15) is 11.9 Å². The van der Waals surface area contributed by atoms with Crippen LogP contribution in [0.3, 0.4) is 0 Å². The van der Waals surface area contributed by atoms with Gasteiger partial charge in [0.25, 0.3) is 0 Å². The fraction of sp³-hybridized carbons (Fsp3) is 0.524. The number of nitrogens with zero attached hydrogens (tertiary/aromatic N) is 4. The van der Waals surface area contributed by atoms with Crippen molar-refractivity contribution in [3.8, 4) is 5.75 Å². The largest absolute Gasteiger partial charge is 0.488 e. The van der Waals surface area contributed by atoms with Crippen molar-refractivity contribution in [1.82, 2.24) is 19.8 Å². The molecule has 2 aliphatic rings. The smallest absolute Gasteiger partial charge is 0.194 e. The summed E-state index contributed by atoms with van der Waals surface area (Å²) in [7, 11) is 0. The third-order valence-electron chi connectivity index (χ3n) is 5.62. The molecule has 0 aliphatic carbocycles. The Morgan fingerprint density at radius 3 is 2.96 bits per heavy atom. The number of rotatable bonds is 4. The standard InChI is InChI=1S/C21H29N5O.HI/c1-3-23-21(24-13-18-12-17-6-4-5-7-20(17)27-18)25-10-8-16(2)19(14-25)26-11-9-22-15-26;/h4-7,9,11,15-16,18-19H,3,8,10,12-14H2,1-2H3,(H,23,24);1H. The number of aliphatic imine (C=N–C) groups is 1. The van der Waals surface area contributed by atoms with Crippen LogP contribution in [0, 0.1) is 5.92 Å². The highest BCUT2D eigenvalue weighted by atomic mass is 127. The first kappa shape index (κ1) is 21.0. The molecule has 2 aliphatic heterocycles. The van der Waals surface area contributed by atoms with Crippen LogP contribution in [0.1, 0.15) is 31.9 Å². The molecular formula is C21H30IN5O. The van der Waals surface area contributed by atoms with Gasteiger partial charge in [0.15, 0.2) is 5.96 Å². The Balaban J connectivity index is 0.00000225. The van der Waals surface area contributed by atoms with Crippen LogP contribution in [0.15, 0.2) is 48.0 Å². The number of halogens is 1. The Morgan fingerprint density at radius 2 is 2.21 bits per heavy atom. The summed E-state index contributed by atoms with van der Waals surface area (Å²) >= 11 is 0. The number of fused-ring (bicyclic) bond motifs is 1. The second kappa shape index (κ2) is 9.62. The van der Waals surface area contributed by atoms with Crippen LogP contribution in [0.25, 0.3) is 0 Å². The summed E-state index contributed by atoms with van der Waals surface area (Å²) in [5.74, 6) is 2.63. The minimum atomic E-state index is 0. The number of piperidine rings is 1. The van der Waals surface area contributed by atoms with Crippen molar-refractivity contribution in [2.24, 2.45) is 10.9 Å². The first-order valence-corrected chi connectivity index (χ1v) is 10.00. The molecule has 1 saturated heterocycles. The van der Waals surface area contributed by atoms with Crippen LogP contribution in [0.4, 0.5) is 0 Å². The fourth-order valence-electron chi connectivity index (χ4n) is 4.06. The Bertz CT molecular complexity index is 754. The van der Waals surface area contributed by atoms with Crippen molar-refractivity contribution in [2.75, 3.05) is 26.2 Å². The van der Waals surface area contributed by atoms with Gasteiger partial charge >= 0.3 is 0 Å². The summed E-state index contributed by atoms with van der Waals surface area (Å²) < 4.78 is 8.29. The molecule has 152 valence electrons. The van der Waals surface area contributed by atoms with E-state index in [-0.39, 0.29) is 30.1 Å². The molecule has 3 unspecified atom stereocenters. The van der Waals surface area contributed by atoms with Gasteiger partial charge in [-0.05, 0) is 30.9 Å². The van der Waals surface area contributed by atoms with E-state index in [2.05, 4.69) is 51.9 Å². The van der Waals surface area contributed by atoms with E-state index in [4.69, 9.17) is 9.73 Å². The van der Waals surface area contributed by atoms with E-state index in [9.17, 15) is 0 Å². The molecule has 1 aromatic heterocycles. The quantitative estimate of drug-likeness (QED) is 0.402. The van der Waals surface area contributed by atoms with Gasteiger partial charge in [0, 0.05) is 38.4 Å². The monoisotopic (exact) mass is 495 g/mol. The first-order chi connectivity index (χ1) is 13.2. The SMILES string of the molecule is CCNC(=NCC1Cc2ccccc2O1)N1CCC(C)C(n2ccnc2)C1.I. The van der Waals surface area contributed by atoms with Crippen molar-refractivity contribution in [2.45, 2.75) is 38.8 Å². The number of nitrogens with one attached hydrogen (secondary N) is 1. The normalized spacial score (nSPS) is 24.3. The second-order valence-electron chi connectivity index (χ2n) is 7.54. The van der Waals surface area contributed by atoms with Crippen LogP contribution in [-0.2, 0) is 6.42 Å². The summed E-state index contributed by atoms with van der Waals surface area (Å²) in [4.78, 5) is 11.5. The average Bonchev–Trinajstić information content (AvgIpc) is 3.35. The molecule has 0 bridgehead atoms. The lowest BCUT2D eigenvalue weighted by Crippen LogP contribution is -2.49.